The Balaban J connectivity index is 1.25. The number of hydrogen-bond acceptors (Lipinski definition) is 5. The molecule has 0 saturated heterocycles. The third-order valence-corrected chi connectivity index (χ3v) is 19.0. The molecule has 7 aromatic rings. The molecule has 0 unspecified atom stereocenters. The van der Waals surface area contributed by atoms with Gasteiger partial charge in [-0.3, -0.25) is 0 Å². The Kier molecular flexibility index (Phi) is 13.2. The van der Waals surface area contributed by atoms with E-state index >= 15 is 0 Å². The van der Waals surface area contributed by atoms with Gasteiger partial charge in [-0.2, -0.15) is 0 Å². The van der Waals surface area contributed by atoms with Crippen molar-refractivity contribution in [3.63, 3.8) is 0 Å². The van der Waals surface area contributed by atoms with Gasteiger partial charge in [-0.15, -0.1) is 34.0 Å². The van der Waals surface area contributed by atoms with Crippen molar-refractivity contribution < 1.29 is 9.47 Å². The summed E-state index contributed by atoms with van der Waals surface area (Å²) >= 11 is 5.97. The van der Waals surface area contributed by atoms with Gasteiger partial charge in [0.1, 0.15) is 11.5 Å². The summed E-state index contributed by atoms with van der Waals surface area (Å²) in [5.41, 5.74) is 15.4. The molecule has 0 atom stereocenters. The molecule has 2 nitrogen and oxygen atoms in total. The fraction of sp³-hybridized carbons (Fsp3) is 0.448. The lowest BCUT2D eigenvalue weighted by atomic mass is 9.66. The minimum Gasteiger partial charge on any atom is -0.493 e. The standard InChI is InChI=1S/C58H70O2S3/c1-14-16-18-20-28-59-47-26-23-40-30-42(51-34(3)35(4)52(61-51)53-36(5)37(6)54(62-53)55-38(7)39(8)56(63-55)57(9,10)11)22-25-44(40)49(47)50-45-31-43-33-58(12,13)46(43)32-41(45)24-27-48(50)60-29-21-19-17-15-2/h22-27,30-32H,14-21,28-29,33H2,1-13H3. The molecule has 3 aromatic heterocycles. The summed E-state index contributed by atoms with van der Waals surface area (Å²) in [4.78, 5) is 8.57. The number of fused-ring (bicyclic) bond motifs is 3. The molecule has 3 heterocycles. The van der Waals surface area contributed by atoms with Gasteiger partial charge < -0.3 is 9.47 Å². The van der Waals surface area contributed by atoms with Crippen molar-refractivity contribution in [3.05, 3.63) is 104 Å². The molecular weight excluding hydrogens is 825 g/mol. The Labute approximate surface area is 391 Å². The average Bonchev–Trinajstić information content (AvgIpc) is 3.83. The average molecular weight is 895 g/mol. The highest BCUT2D eigenvalue weighted by molar-refractivity contribution is 7.28. The van der Waals surface area contributed by atoms with Crippen LogP contribution in [0, 0.1) is 41.5 Å². The zero-order valence-electron chi connectivity index (χ0n) is 40.5. The lowest BCUT2D eigenvalue weighted by molar-refractivity contribution is 0.302. The number of benzene rings is 4. The van der Waals surface area contributed by atoms with Crippen LogP contribution in [0.25, 0.3) is 62.6 Å². The Morgan fingerprint density at radius 3 is 1.54 bits per heavy atom. The third kappa shape index (κ3) is 8.57. The van der Waals surface area contributed by atoms with Gasteiger partial charge in [0.25, 0.3) is 0 Å². The van der Waals surface area contributed by atoms with Crippen molar-refractivity contribution in [1.29, 1.82) is 0 Å². The lowest BCUT2D eigenvalue weighted by Gasteiger charge is -2.38. The van der Waals surface area contributed by atoms with Gasteiger partial charge in [0.2, 0.25) is 0 Å². The van der Waals surface area contributed by atoms with Crippen LogP contribution in [-0.4, -0.2) is 13.2 Å². The number of unbranched alkanes of at least 4 members (excludes halogenated alkanes) is 6. The SMILES string of the molecule is CCCCCCOc1ccc2cc(-c3sc(-c4sc(-c5sc(C(C)(C)C)c(C)c5C)c(C)c4C)c(C)c3C)ccc2c1-c1c(OCCCCCC)ccc2cc3c(cc12)CC3(C)C. The second kappa shape index (κ2) is 18.2. The van der Waals surface area contributed by atoms with Crippen molar-refractivity contribution >= 4 is 55.6 Å². The van der Waals surface area contributed by atoms with Crippen molar-refractivity contribution in [2.75, 3.05) is 13.2 Å². The van der Waals surface area contributed by atoms with Crippen molar-refractivity contribution in [3.8, 4) is 52.6 Å². The van der Waals surface area contributed by atoms with E-state index in [2.05, 4.69) is 145 Å². The van der Waals surface area contributed by atoms with E-state index in [1.165, 1.54) is 145 Å². The zero-order chi connectivity index (χ0) is 45.0. The van der Waals surface area contributed by atoms with E-state index in [-0.39, 0.29) is 10.8 Å². The van der Waals surface area contributed by atoms with Crippen LogP contribution in [0.5, 0.6) is 11.5 Å². The first-order valence-electron chi connectivity index (χ1n) is 23.8. The number of rotatable bonds is 16. The van der Waals surface area contributed by atoms with E-state index in [1.54, 1.807) is 0 Å². The van der Waals surface area contributed by atoms with Crippen molar-refractivity contribution in [1.82, 2.24) is 0 Å². The summed E-state index contributed by atoms with van der Waals surface area (Å²) in [6, 6.07) is 21.1. The molecule has 0 fully saturated rings. The molecule has 0 aliphatic heterocycles. The topological polar surface area (TPSA) is 18.5 Å². The van der Waals surface area contributed by atoms with E-state index in [9.17, 15) is 0 Å². The highest BCUT2D eigenvalue weighted by atomic mass is 32.1. The minimum atomic E-state index is 0.136. The summed E-state index contributed by atoms with van der Waals surface area (Å²) < 4.78 is 13.7. The minimum absolute atomic E-state index is 0.136. The predicted molar refractivity (Wildman–Crippen MR) is 280 cm³/mol. The quantitative estimate of drug-likeness (QED) is 0.0900. The van der Waals surface area contributed by atoms with E-state index in [0.29, 0.717) is 13.2 Å². The smallest absolute Gasteiger partial charge is 0.127 e. The van der Waals surface area contributed by atoms with E-state index in [0.717, 1.165) is 36.3 Å². The van der Waals surface area contributed by atoms with Crippen molar-refractivity contribution in [2.45, 2.75) is 159 Å². The normalized spacial score (nSPS) is 13.5. The van der Waals surface area contributed by atoms with Crippen LogP contribution in [0.1, 0.15) is 149 Å². The van der Waals surface area contributed by atoms with Crippen LogP contribution in [-0.2, 0) is 17.3 Å². The fourth-order valence-electron chi connectivity index (χ4n) is 9.91. The number of hydrogen-bond donors (Lipinski definition) is 0. The van der Waals surface area contributed by atoms with Crippen LogP contribution in [0.2, 0.25) is 0 Å². The molecule has 0 spiro atoms. The Morgan fingerprint density at radius 1 is 0.524 bits per heavy atom. The molecule has 0 radical (unpaired) electrons. The van der Waals surface area contributed by atoms with E-state index in [4.69, 9.17) is 9.47 Å². The van der Waals surface area contributed by atoms with Crippen LogP contribution >= 0.6 is 34.0 Å². The van der Waals surface area contributed by atoms with Gasteiger partial charge in [0.15, 0.2) is 0 Å². The maximum Gasteiger partial charge on any atom is 0.127 e. The third-order valence-electron chi connectivity index (χ3n) is 14.0. The van der Waals surface area contributed by atoms with Gasteiger partial charge in [-0.1, -0.05) is 123 Å². The first-order valence-corrected chi connectivity index (χ1v) is 26.2. The monoisotopic (exact) mass is 894 g/mol. The molecule has 1 aliphatic carbocycles. The molecule has 0 bridgehead atoms. The summed E-state index contributed by atoms with van der Waals surface area (Å²) in [6.07, 6.45) is 10.5. The molecule has 4 aromatic carbocycles. The van der Waals surface area contributed by atoms with Gasteiger partial charge in [-0.05, 0) is 161 Å². The maximum absolute atomic E-state index is 6.85. The molecule has 332 valence electrons. The second-order valence-corrected chi connectivity index (χ2v) is 23.3. The lowest BCUT2D eigenvalue weighted by Crippen LogP contribution is -2.32. The Bertz CT molecular complexity index is 2810. The summed E-state index contributed by atoms with van der Waals surface area (Å²) in [7, 11) is 0. The molecule has 5 heteroatoms. The molecule has 0 N–H and O–H groups in total. The fourth-order valence-corrected chi connectivity index (χ4v) is 14.4. The molecule has 1 aliphatic rings. The summed E-state index contributed by atoms with van der Waals surface area (Å²) in [5.74, 6) is 1.91. The first kappa shape index (κ1) is 45.7. The van der Waals surface area contributed by atoms with Crippen LogP contribution in [0.15, 0.2) is 54.6 Å². The zero-order valence-corrected chi connectivity index (χ0v) is 43.0. The highest BCUT2D eigenvalue weighted by Crippen LogP contribution is 2.53. The summed E-state index contributed by atoms with van der Waals surface area (Å²) in [6.45, 7) is 31.7. The number of ether oxygens (including phenoxy) is 2. The molecule has 8 rings (SSSR count). The molecule has 63 heavy (non-hydrogen) atoms. The molecule has 0 saturated carbocycles. The van der Waals surface area contributed by atoms with Crippen LogP contribution in [0.3, 0.4) is 0 Å². The number of thiophene rings is 3. The van der Waals surface area contributed by atoms with Gasteiger partial charge in [-0.25, -0.2) is 0 Å². The Morgan fingerprint density at radius 2 is 1.02 bits per heavy atom. The van der Waals surface area contributed by atoms with Gasteiger partial charge in [0, 0.05) is 40.4 Å². The predicted octanol–water partition coefficient (Wildman–Crippen LogP) is 18.7. The van der Waals surface area contributed by atoms with Gasteiger partial charge >= 0.3 is 0 Å². The highest BCUT2D eigenvalue weighted by Gasteiger charge is 2.35. The molecular formula is C58H70O2S3. The maximum atomic E-state index is 6.85. The van der Waals surface area contributed by atoms with E-state index < -0.39 is 0 Å². The van der Waals surface area contributed by atoms with Crippen LogP contribution < -0.4 is 9.47 Å². The summed E-state index contributed by atoms with van der Waals surface area (Å²) in [5, 5.41) is 4.98. The first-order chi connectivity index (χ1) is 30.0. The van der Waals surface area contributed by atoms with Gasteiger partial charge in [0.05, 0.1) is 13.2 Å². The van der Waals surface area contributed by atoms with Crippen molar-refractivity contribution in [2.24, 2.45) is 0 Å². The Hall–Kier alpha value is -3.90. The van der Waals surface area contributed by atoms with Crippen LogP contribution in [0.4, 0.5) is 0 Å². The second-order valence-electron chi connectivity index (χ2n) is 20.2. The largest absolute Gasteiger partial charge is 0.493 e. The molecule has 0 amide bonds. The van der Waals surface area contributed by atoms with E-state index in [1.807, 2.05) is 34.0 Å².